The molecule has 0 amide bonds. The second kappa shape index (κ2) is 9.90. The third-order valence-corrected chi connectivity index (χ3v) is 3.73. The van der Waals surface area contributed by atoms with Gasteiger partial charge in [0.2, 0.25) is 0 Å². The first-order valence-electron chi connectivity index (χ1n) is 7.60. The van der Waals surface area contributed by atoms with Crippen LogP contribution in [-0.4, -0.2) is 18.8 Å². The topological polar surface area (TPSA) is 29.1 Å². The Labute approximate surface area is 107 Å². The molecule has 2 unspecified atom stereocenters. The molecule has 0 aliphatic carbocycles. The van der Waals surface area contributed by atoms with Gasteiger partial charge in [-0.3, -0.25) is 0 Å². The Kier molecular flexibility index (Phi) is 8.72. The summed E-state index contributed by atoms with van der Waals surface area (Å²) in [6, 6.07) is 0. The molecule has 1 heterocycles. The number of ether oxygens (including phenoxy) is 1. The Balaban J connectivity index is 1.78. The van der Waals surface area contributed by atoms with E-state index in [2.05, 4.69) is 6.92 Å². The Morgan fingerprint density at radius 1 is 1.06 bits per heavy atom. The Bertz CT molecular complexity index is 166. The highest BCUT2D eigenvalue weighted by atomic mass is 16.5. The molecule has 2 heteroatoms. The molecule has 1 radical (unpaired) electrons. The molecule has 1 fully saturated rings. The lowest BCUT2D eigenvalue weighted by Crippen LogP contribution is -2.26. The zero-order valence-electron chi connectivity index (χ0n) is 11.5. The third kappa shape index (κ3) is 7.77. The van der Waals surface area contributed by atoms with Gasteiger partial charge in [-0.05, 0) is 25.7 Å². The van der Waals surface area contributed by atoms with Crippen molar-refractivity contribution in [2.24, 2.45) is 0 Å². The fourth-order valence-corrected chi connectivity index (χ4v) is 2.38. The Hall–Kier alpha value is -0.0800. The summed E-state index contributed by atoms with van der Waals surface area (Å²) in [7, 11) is 0. The van der Waals surface area contributed by atoms with Crippen molar-refractivity contribution < 1.29 is 9.84 Å². The summed E-state index contributed by atoms with van der Waals surface area (Å²) in [6.07, 6.45) is 13.0. The molecule has 0 bridgehead atoms. The van der Waals surface area contributed by atoms with Crippen molar-refractivity contribution >= 4 is 0 Å². The number of hydrogen-bond donors (Lipinski definition) is 0. The van der Waals surface area contributed by atoms with Crippen LogP contribution in [0.3, 0.4) is 0 Å². The van der Waals surface area contributed by atoms with Crippen molar-refractivity contribution in [3.8, 4) is 0 Å². The zero-order valence-corrected chi connectivity index (χ0v) is 11.5. The average molecular weight is 241 g/mol. The van der Waals surface area contributed by atoms with Gasteiger partial charge < -0.3 is 4.74 Å². The lowest BCUT2D eigenvalue weighted by molar-refractivity contribution is -0.0561. The van der Waals surface area contributed by atoms with Crippen LogP contribution in [0.1, 0.15) is 77.6 Å². The van der Waals surface area contributed by atoms with Gasteiger partial charge in [-0.2, -0.15) is 0 Å². The highest BCUT2D eigenvalue weighted by Gasteiger charge is 2.17. The van der Waals surface area contributed by atoms with Gasteiger partial charge >= 0.3 is 0 Å². The maximum atomic E-state index is 11.7. The molecular formula is C15H29O2. The van der Waals surface area contributed by atoms with E-state index in [4.69, 9.17) is 4.74 Å². The van der Waals surface area contributed by atoms with Crippen molar-refractivity contribution in [1.82, 2.24) is 0 Å². The van der Waals surface area contributed by atoms with E-state index in [0.29, 0.717) is 6.10 Å². The lowest BCUT2D eigenvalue weighted by Gasteiger charge is -2.26. The van der Waals surface area contributed by atoms with Crippen molar-refractivity contribution in [2.45, 2.75) is 89.8 Å². The average Bonchev–Trinajstić information content (AvgIpc) is 2.26. The van der Waals surface area contributed by atoms with Crippen LogP contribution in [0.4, 0.5) is 0 Å². The van der Waals surface area contributed by atoms with E-state index in [9.17, 15) is 5.11 Å². The van der Waals surface area contributed by atoms with Crippen LogP contribution in [0, 0.1) is 0 Å². The first-order valence-corrected chi connectivity index (χ1v) is 7.60. The van der Waals surface area contributed by atoms with E-state index < -0.39 is 0 Å². The van der Waals surface area contributed by atoms with Crippen LogP contribution >= 0.6 is 0 Å². The van der Waals surface area contributed by atoms with E-state index in [1.165, 1.54) is 44.9 Å². The molecule has 0 aromatic rings. The SMILES string of the molecule is CCCCCCCC([O])CCCCC1CCO1. The van der Waals surface area contributed by atoms with Gasteiger partial charge in [-0.1, -0.05) is 51.9 Å². The Morgan fingerprint density at radius 2 is 1.71 bits per heavy atom. The second-order valence-corrected chi connectivity index (χ2v) is 5.39. The summed E-state index contributed by atoms with van der Waals surface area (Å²) in [5.74, 6) is 0. The van der Waals surface area contributed by atoms with Gasteiger partial charge in [0.25, 0.3) is 0 Å². The molecule has 0 aromatic carbocycles. The van der Waals surface area contributed by atoms with Gasteiger partial charge in [0.15, 0.2) is 0 Å². The monoisotopic (exact) mass is 241 g/mol. The molecule has 17 heavy (non-hydrogen) atoms. The molecule has 2 nitrogen and oxygen atoms in total. The van der Waals surface area contributed by atoms with E-state index in [1.807, 2.05) is 0 Å². The second-order valence-electron chi connectivity index (χ2n) is 5.39. The normalized spacial score (nSPS) is 21.2. The standard InChI is InChI=1S/C15H29O2/c1-2-3-4-5-6-9-14(16)10-7-8-11-15-12-13-17-15/h14-15H,2-13H2,1H3. The third-order valence-electron chi connectivity index (χ3n) is 3.73. The largest absolute Gasteiger partial charge is 0.378 e. The van der Waals surface area contributed by atoms with E-state index >= 15 is 0 Å². The minimum atomic E-state index is -0.307. The molecule has 101 valence electrons. The summed E-state index contributed by atoms with van der Waals surface area (Å²) in [5, 5.41) is 11.7. The molecule has 2 atom stereocenters. The van der Waals surface area contributed by atoms with Crippen molar-refractivity contribution in [2.75, 3.05) is 6.61 Å². The summed E-state index contributed by atoms with van der Waals surface area (Å²) in [5.41, 5.74) is 0. The van der Waals surface area contributed by atoms with Crippen molar-refractivity contribution in [1.29, 1.82) is 0 Å². The molecular weight excluding hydrogens is 212 g/mol. The van der Waals surface area contributed by atoms with Gasteiger partial charge in [0.05, 0.1) is 12.2 Å². The van der Waals surface area contributed by atoms with Crippen LogP contribution < -0.4 is 0 Å². The minimum absolute atomic E-state index is 0.307. The quantitative estimate of drug-likeness (QED) is 0.490. The fraction of sp³-hybridized carbons (Fsp3) is 1.00. The number of unbranched alkanes of at least 4 members (excludes halogenated alkanes) is 5. The Morgan fingerprint density at radius 3 is 2.29 bits per heavy atom. The van der Waals surface area contributed by atoms with E-state index in [0.717, 1.165) is 32.3 Å². The van der Waals surface area contributed by atoms with E-state index in [1.54, 1.807) is 0 Å². The fourth-order valence-electron chi connectivity index (χ4n) is 2.38. The molecule has 0 spiro atoms. The summed E-state index contributed by atoms with van der Waals surface area (Å²) in [6.45, 7) is 3.18. The number of rotatable bonds is 11. The first-order chi connectivity index (χ1) is 8.33. The zero-order chi connectivity index (χ0) is 12.3. The maximum Gasteiger partial charge on any atom is 0.0930 e. The van der Waals surface area contributed by atoms with Crippen LogP contribution in [0.2, 0.25) is 0 Å². The van der Waals surface area contributed by atoms with E-state index in [-0.39, 0.29) is 6.10 Å². The summed E-state index contributed by atoms with van der Waals surface area (Å²) >= 11 is 0. The van der Waals surface area contributed by atoms with Crippen LogP contribution in [0.5, 0.6) is 0 Å². The first kappa shape index (κ1) is 15.0. The van der Waals surface area contributed by atoms with Gasteiger partial charge in [-0.25, -0.2) is 5.11 Å². The summed E-state index contributed by atoms with van der Waals surface area (Å²) in [4.78, 5) is 0. The predicted octanol–water partition coefficient (Wildman–Crippen LogP) is 4.50. The molecule has 0 saturated carbocycles. The van der Waals surface area contributed by atoms with Crippen LogP contribution in [-0.2, 0) is 9.84 Å². The van der Waals surface area contributed by atoms with Crippen LogP contribution in [0.25, 0.3) is 0 Å². The van der Waals surface area contributed by atoms with Crippen LogP contribution in [0.15, 0.2) is 0 Å². The lowest BCUT2D eigenvalue weighted by atomic mass is 10.0. The minimum Gasteiger partial charge on any atom is -0.378 e. The molecule has 1 rings (SSSR count). The molecule has 0 N–H and O–H groups in total. The highest BCUT2D eigenvalue weighted by Crippen LogP contribution is 2.19. The molecule has 1 aliphatic rings. The van der Waals surface area contributed by atoms with Gasteiger partial charge in [-0.15, -0.1) is 0 Å². The molecule has 0 aromatic heterocycles. The predicted molar refractivity (Wildman–Crippen MR) is 70.7 cm³/mol. The van der Waals surface area contributed by atoms with Gasteiger partial charge in [0.1, 0.15) is 0 Å². The smallest absolute Gasteiger partial charge is 0.0930 e. The highest BCUT2D eigenvalue weighted by molar-refractivity contribution is 4.66. The number of hydrogen-bond acceptors (Lipinski definition) is 1. The van der Waals surface area contributed by atoms with Crippen molar-refractivity contribution in [3.05, 3.63) is 0 Å². The molecule has 1 saturated heterocycles. The summed E-state index contributed by atoms with van der Waals surface area (Å²) < 4.78 is 5.36. The molecule has 1 aliphatic heterocycles. The maximum absolute atomic E-state index is 11.7. The van der Waals surface area contributed by atoms with Gasteiger partial charge in [0, 0.05) is 6.61 Å². The van der Waals surface area contributed by atoms with Crippen molar-refractivity contribution in [3.63, 3.8) is 0 Å².